The molecule has 176 valence electrons. The van der Waals surface area contributed by atoms with Crippen molar-refractivity contribution in [3.8, 4) is 11.5 Å². The number of carbonyl (C=O) groups is 2. The van der Waals surface area contributed by atoms with Crippen LogP contribution in [0.25, 0.3) is 0 Å². The monoisotopic (exact) mass is 494 g/mol. The van der Waals surface area contributed by atoms with Crippen LogP contribution in [0.5, 0.6) is 11.5 Å². The minimum absolute atomic E-state index is 0.00224. The topological polar surface area (TPSA) is 76.7 Å². The fourth-order valence-corrected chi connectivity index (χ4v) is 4.56. The van der Waals surface area contributed by atoms with Gasteiger partial charge in [-0.3, -0.25) is 9.59 Å². The van der Waals surface area contributed by atoms with Gasteiger partial charge in [0.1, 0.15) is 17.3 Å². The highest BCUT2D eigenvalue weighted by Crippen LogP contribution is 2.33. The van der Waals surface area contributed by atoms with Gasteiger partial charge in [0.05, 0.1) is 5.02 Å². The molecule has 2 aromatic rings. The summed E-state index contributed by atoms with van der Waals surface area (Å²) in [6.07, 6.45) is 2.81. The second-order valence-electron chi connectivity index (χ2n) is 8.82. The van der Waals surface area contributed by atoms with Crippen molar-refractivity contribution in [3.63, 3.8) is 0 Å². The number of carbonyl (C=O) groups excluding carboxylic acids is 2. The van der Waals surface area contributed by atoms with Gasteiger partial charge in [-0.15, -0.1) is 0 Å². The Kier molecular flexibility index (Phi) is 7.00. The average Bonchev–Trinajstić information content (AvgIpc) is 3.20. The van der Waals surface area contributed by atoms with Crippen molar-refractivity contribution >= 4 is 35.0 Å². The van der Waals surface area contributed by atoms with Crippen molar-refractivity contribution < 1.29 is 23.5 Å². The lowest BCUT2D eigenvalue weighted by Crippen LogP contribution is -2.54. The van der Waals surface area contributed by atoms with E-state index >= 15 is 0 Å². The van der Waals surface area contributed by atoms with E-state index < -0.39 is 11.9 Å². The molecular formula is C24H25Cl2FN2O4. The number of halogens is 3. The standard InChI is InChI=1S/C24H25Cl2FN2O4/c1-24(29-23(31)21-11-14-10-15(25)2-5-20(14)33-21)8-6-16(7-9-24)28-22(30)13-32-17-3-4-18(26)19(27)12-17/h2-5,10,12,16,21H,6-9,11,13H2,1H3,(H,28,30)(H,29,31). The maximum absolute atomic E-state index is 13.5. The molecular weight excluding hydrogens is 470 g/mol. The van der Waals surface area contributed by atoms with Crippen LogP contribution in [0.1, 0.15) is 38.2 Å². The van der Waals surface area contributed by atoms with E-state index in [4.69, 9.17) is 32.7 Å². The number of rotatable bonds is 6. The van der Waals surface area contributed by atoms with Crippen molar-refractivity contribution in [1.29, 1.82) is 0 Å². The van der Waals surface area contributed by atoms with Crippen molar-refractivity contribution in [3.05, 3.63) is 57.8 Å². The molecule has 33 heavy (non-hydrogen) atoms. The number of amides is 2. The van der Waals surface area contributed by atoms with Crippen molar-refractivity contribution in [2.24, 2.45) is 0 Å². The molecule has 2 aromatic carbocycles. The summed E-state index contributed by atoms with van der Waals surface area (Å²) in [5.41, 5.74) is 0.564. The smallest absolute Gasteiger partial charge is 0.261 e. The Bertz CT molecular complexity index is 1060. The van der Waals surface area contributed by atoms with Crippen LogP contribution in [0.4, 0.5) is 4.39 Å². The first-order chi connectivity index (χ1) is 15.7. The molecule has 0 saturated heterocycles. The normalized spacial score (nSPS) is 23.9. The highest BCUT2D eigenvalue weighted by molar-refractivity contribution is 6.31. The van der Waals surface area contributed by atoms with Crippen molar-refractivity contribution in [2.75, 3.05) is 6.61 Å². The predicted octanol–water partition coefficient (Wildman–Crippen LogP) is 4.45. The van der Waals surface area contributed by atoms with Crippen molar-refractivity contribution in [1.82, 2.24) is 10.6 Å². The van der Waals surface area contributed by atoms with Crippen LogP contribution in [0.15, 0.2) is 36.4 Å². The summed E-state index contributed by atoms with van der Waals surface area (Å²) in [7, 11) is 0. The molecule has 4 rings (SSSR count). The van der Waals surface area contributed by atoms with E-state index in [9.17, 15) is 14.0 Å². The first-order valence-corrected chi connectivity index (χ1v) is 11.6. The molecule has 0 aromatic heterocycles. The number of hydrogen-bond donors (Lipinski definition) is 2. The summed E-state index contributed by atoms with van der Waals surface area (Å²) >= 11 is 11.7. The van der Waals surface area contributed by atoms with Gasteiger partial charge in [0, 0.05) is 29.1 Å². The lowest BCUT2D eigenvalue weighted by Gasteiger charge is -2.38. The van der Waals surface area contributed by atoms with Gasteiger partial charge < -0.3 is 20.1 Å². The number of fused-ring (bicyclic) bond motifs is 1. The SMILES string of the molecule is CC1(NC(=O)C2Cc3cc(Cl)ccc3O2)CCC(NC(=O)COc2ccc(Cl)c(F)c2)CC1. The summed E-state index contributed by atoms with van der Waals surface area (Å²) in [4.78, 5) is 25.0. The Labute approximate surface area is 201 Å². The molecule has 1 unspecified atom stereocenters. The minimum atomic E-state index is -0.598. The summed E-state index contributed by atoms with van der Waals surface area (Å²) in [5.74, 6) is -0.0854. The molecule has 1 heterocycles. The van der Waals surface area contributed by atoms with Crippen molar-refractivity contribution in [2.45, 2.75) is 56.7 Å². The summed E-state index contributed by atoms with van der Waals surface area (Å²) < 4.78 is 24.6. The summed E-state index contributed by atoms with van der Waals surface area (Å²) in [6, 6.07) is 9.38. The Hall–Kier alpha value is -2.51. The molecule has 1 fully saturated rings. The minimum Gasteiger partial charge on any atom is -0.484 e. The Morgan fingerprint density at radius 3 is 2.67 bits per heavy atom. The number of ether oxygens (including phenoxy) is 2. The van der Waals surface area contributed by atoms with E-state index in [1.165, 1.54) is 12.1 Å². The zero-order chi connectivity index (χ0) is 23.6. The molecule has 0 radical (unpaired) electrons. The van der Waals surface area contributed by atoms with E-state index in [2.05, 4.69) is 10.6 Å². The van der Waals surface area contributed by atoms with Crippen LogP contribution in [-0.4, -0.2) is 36.1 Å². The van der Waals surface area contributed by atoms with Crippen LogP contribution >= 0.6 is 23.2 Å². The molecule has 0 bridgehead atoms. The summed E-state index contributed by atoms with van der Waals surface area (Å²) in [6.45, 7) is 1.80. The predicted molar refractivity (Wildman–Crippen MR) is 123 cm³/mol. The number of benzene rings is 2. The molecule has 2 aliphatic rings. The van der Waals surface area contributed by atoms with Gasteiger partial charge >= 0.3 is 0 Å². The van der Waals surface area contributed by atoms with Crippen LogP contribution < -0.4 is 20.1 Å². The third kappa shape index (κ3) is 5.89. The van der Waals surface area contributed by atoms with Crippen LogP contribution in [0, 0.1) is 5.82 Å². The van der Waals surface area contributed by atoms with E-state index in [0.717, 1.165) is 37.3 Å². The molecule has 0 spiro atoms. The lowest BCUT2D eigenvalue weighted by atomic mass is 9.80. The Morgan fingerprint density at radius 2 is 1.94 bits per heavy atom. The molecule has 1 aliphatic carbocycles. The summed E-state index contributed by atoms with van der Waals surface area (Å²) in [5, 5.41) is 6.70. The van der Waals surface area contributed by atoms with Gasteiger partial charge in [-0.25, -0.2) is 4.39 Å². The highest BCUT2D eigenvalue weighted by atomic mass is 35.5. The zero-order valence-electron chi connectivity index (χ0n) is 18.1. The maximum atomic E-state index is 13.5. The van der Waals surface area contributed by atoms with Gasteiger partial charge in [-0.2, -0.15) is 0 Å². The quantitative estimate of drug-likeness (QED) is 0.621. The van der Waals surface area contributed by atoms with Gasteiger partial charge in [-0.05, 0) is 68.5 Å². The highest BCUT2D eigenvalue weighted by Gasteiger charge is 2.37. The van der Waals surface area contributed by atoms with E-state index in [0.29, 0.717) is 17.2 Å². The fourth-order valence-electron chi connectivity index (χ4n) is 4.25. The van der Waals surface area contributed by atoms with E-state index in [-0.39, 0.29) is 40.8 Å². The first kappa shape index (κ1) is 23.6. The number of nitrogens with one attached hydrogen (secondary N) is 2. The number of hydrogen-bond acceptors (Lipinski definition) is 4. The molecule has 2 N–H and O–H groups in total. The van der Waals surface area contributed by atoms with Crippen LogP contribution in [-0.2, 0) is 16.0 Å². The molecule has 2 amide bonds. The maximum Gasteiger partial charge on any atom is 0.261 e. The van der Waals surface area contributed by atoms with Crippen LogP contribution in [0.3, 0.4) is 0 Å². The average molecular weight is 495 g/mol. The first-order valence-electron chi connectivity index (χ1n) is 10.9. The second kappa shape index (κ2) is 9.77. The van der Waals surface area contributed by atoms with E-state index in [1.54, 1.807) is 12.1 Å². The van der Waals surface area contributed by atoms with Gasteiger partial charge in [0.25, 0.3) is 11.8 Å². The van der Waals surface area contributed by atoms with Gasteiger partial charge in [-0.1, -0.05) is 23.2 Å². The lowest BCUT2D eigenvalue weighted by molar-refractivity contribution is -0.130. The third-order valence-electron chi connectivity index (χ3n) is 6.13. The fraction of sp³-hybridized carbons (Fsp3) is 0.417. The zero-order valence-corrected chi connectivity index (χ0v) is 19.6. The Balaban J connectivity index is 1.21. The van der Waals surface area contributed by atoms with Crippen LogP contribution in [0.2, 0.25) is 10.0 Å². The third-order valence-corrected chi connectivity index (χ3v) is 6.67. The Morgan fingerprint density at radius 1 is 1.18 bits per heavy atom. The molecule has 1 atom stereocenters. The molecule has 9 heteroatoms. The van der Waals surface area contributed by atoms with E-state index in [1.807, 2.05) is 13.0 Å². The molecule has 1 saturated carbocycles. The largest absolute Gasteiger partial charge is 0.484 e. The van der Waals surface area contributed by atoms with Gasteiger partial charge in [0.15, 0.2) is 12.7 Å². The second-order valence-corrected chi connectivity index (χ2v) is 9.66. The van der Waals surface area contributed by atoms with Gasteiger partial charge in [0.2, 0.25) is 0 Å². The molecule has 6 nitrogen and oxygen atoms in total. The molecule has 1 aliphatic heterocycles.